The van der Waals surface area contributed by atoms with E-state index in [-0.39, 0.29) is 5.97 Å². The Bertz CT molecular complexity index is 910. The largest absolute Gasteiger partial charge is 0.446 e. The van der Waals surface area contributed by atoms with Crippen LogP contribution in [0.4, 0.5) is 0 Å². The standard InChI is InChI=1S/C20H16O2/c1-13-11-12-18(15-8-4-3-7-14(13)15)20(2)17-10-6-5-9-16(17)19(21)22-20/h3-12H,1-2H3/t20-/m1/s1. The Balaban J connectivity index is 2.05. The number of cyclic esters (lactones) is 1. The van der Waals surface area contributed by atoms with Gasteiger partial charge in [-0.25, -0.2) is 4.79 Å². The molecular formula is C20H16O2. The predicted octanol–water partition coefficient (Wildman–Crippen LogP) is 4.58. The van der Waals surface area contributed by atoms with Crippen LogP contribution in [0.5, 0.6) is 0 Å². The number of benzene rings is 3. The van der Waals surface area contributed by atoms with Gasteiger partial charge in [-0.05, 0) is 36.2 Å². The Morgan fingerprint density at radius 2 is 1.50 bits per heavy atom. The molecule has 2 nitrogen and oxygen atoms in total. The third kappa shape index (κ3) is 1.64. The van der Waals surface area contributed by atoms with Gasteiger partial charge in [-0.3, -0.25) is 0 Å². The maximum atomic E-state index is 12.2. The molecule has 108 valence electrons. The van der Waals surface area contributed by atoms with Crippen LogP contribution in [0.1, 0.15) is 34.0 Å². The molecule has 1 heterocycles. The van der Waals surface area contributed by atoms with Crippen LogP contribution in [0.15, 0.2) is 60.7 Å². The van der Waals surface area contributed by atoms with E-state index in [9.17, 15) is 4.79 Å². The van der Waals surface area contributed by atoms with Gasteiger partial charge in [-0.1, -0.05) is 54.6 Å². The first kappa shape index (κ1) is 13.1. The van der Waals surface area contributed by atoms with Crippen molar-refractivity contribution in [3.63, 3.8) is 0 Å². The molecule has 0 amide bonds. The summed E-state index contributed by atoms with van der Waals surface area (Å²) in [5.74, 6) is -0.247. The van der Waals surface area contributed by atoms with Gasteiger partial charge < -0.3 is 4.74 Å². The number of esters is 1. The molecule has 0 unspecified atom stereocenters. The van der Waals surface area contributed by atoms with Gasteiger partial charge in [0, 0.05) is 11.1 Å². The highest BCUT2D eigenvalue weighted by molar-refractivity contribution is 5.97. The zero-order valence-corrected chi connectivity index (χ0v) is 12.6. The lowest BCUT2D eigenvalue weighted by molar-refractivity contribution is 0.0185. The van der Waals surface area contributed by atoms with Gasteiger partial charge in [0.1, 0.15) is 0 Å². The summed E-state index contributed by atoms with van der Waals surface area (Å²) in [5.41, 5.74) is 3.12. The molecule has 4 rings (SSSR count). The SMILES string of the molecule is Cc1ccc([C@]2(C)OC(=O)c3ccccc32)c2ccccc12. The van der Waals surface area contributed by atoms with E-state index in [2.05, 4.69) is 31.2 Å². The van der Waals surface area contributed by atoms with Crippen molar-refractivity contribution in [3.8, 4) is 0 Å². The van der Waals surface area contributed by atoms with Crippen molar-refractivity contribution < 1.29 is 9.53 Å². The minimum Gasteiger partial charge on any atom is -0.446 e. The molecule has 3 aromatic carbocycles. The van der Waals surface area contributed by atoms with E-state index >= 15 is 0 Å². The second-order valence-electron chi connectivity index (χ2n) is 5.94. The fraction of sp³-hybridized carbons (Fsp3) is 0.150. The highest BCUT2D eigenvalue weighted by Crippen LogP contribution is 2.44. The van der Waals surface area contributed by atoms with Crippen molar-refractivity contribution in [2.75, 3.05) is 0 Å². The predicted molar refractivity (Wildman–Crippen MR) is 87.0 cm³/mol. The van der Waals surface area contributed by atoms with Gasteiger partial charge >= 0.3 is 5.97 Å². The lowest BCUT2D eigenvalue weighted by Crippen LogP contribution is -2.23. The van der Waals surface area contributed by atoms with Crippen LogP contribution in [0, 0.1) is 6.92 Å². The fourth-order valence-electron chi connectivity index (χ4n) is 3.44. The Hall–Kier alpha value is -2.61. The Morgan fingerprint density at radius 1 is 0.818 bits per heavy atom. The van der Waals surface area contributed by atoms with E-state index in [1.54, 1.807) is 0 Å². The van der Waals surface area contributed by atoms with E-state index < -0.39 is 5.60 Å². The smallest absolute Gasteiger partial charge is 0.339 e. The summed E-state index contributed by atoms with van der Waals surface area (Å²) in [6, 6.07) is 20.1. The van der Waals surface area contributed by atoms with E-state index in [0.29, 0.717) is 5.56 Å². The van der Waals surface area contributed by atoms with Crippen molar-refractivity contribution >= 4 is 16.7 Å². The normalized spacial score (nSPS) is 20.0. The molecule has 1 atom stereocenters. The highest BCUT2D eigenvalue weighted by atomic mass is 16.6. The molecule has 22 heavy (non-hydrogen) atoms. The zero-order valence-electron chi connectivity index (χ0n) is 12.6. The summed E-state index contributed by atoms with van der Waals surface area (Å²) in [5, 5.41) is 2.33. The first-order valence-corrected chi connectivity index (χ1v) is 7.43. The van der Waals surface area contributed by atoms with E-state index in [1.165, 1.54) is 10.9 Å². The molecule has 1 aliphatic rings. The number of ether oxygens (including phenoxy) is 1. The average Bonchev–Trinajstić information content (AvgIpc) is 2.80. The molecular weight excluding hydrogens is 272 g/mol. The second kappa shape index (κ2) is 4.44. The van der Waals surface area contributed by atoms with Crippen LogP contribution in [0.25, 0.3) is 10.8 Å². The Kier molecular flexibility index (Phi) is 2.64. The van der Waals surface area contributed by atoms with Crippen molar-refractivity contribution in [2.24, 2.45) is 0 Å². The number of fused-ring (bicyclic) bond motifs is 2. The number of hydrogen-bond donors (Lipinski definition) is 0. The van der Waals surface area contributed by atoms with Crippen LogP contribution < -0.4 is 0 Å². The number of hydrogen-bond acceptors (Lipinski definition) is 2. The third-order valence-corrected chi connectivity index (χ3v) is 4.61. The lowest BCUT2D eigenvalue weighted by Gasteiger charge is -2.26. The van der Waals surface area contributed by atoms with E-state index in [4.69, 9.17) is 4.74 Å². The quantitative estimate of drug-likeness (QED) is 0.612. The van der Waals surface area contributed by atoms with Gasteiger partial charge in [0.2, 0.25) is 0 Å². The molecule has 0 aromatic heterocycles. The molecule has 0 bridgehead atoms. The second-order valence-corrected chi connectivity index (χ2v) is 5.94. The average molecular weight is 288 g/mol. The van der Waals surface area contributed by atoms with Gasteiger partial charge in [0.25, 0.3) is 0 Å². The first-order chi connectivity index (χ1) is 10.6. The van der Waals surface area contributed by atoms with Crippen LogP contribution in [0.3, 0.4) is 0 Å². The minimum absolute atomic E-state index is 0.247. The number of carbonyl (C=O) groups is 1. The number of carbonyl (C=O) groups excluding carboxylic acids is 1. The van der Waals surface area contributed by atoms with Crippen molar-refractivity contribution in [1.29, 1.82) is 0 Å². The van der Waals surface area contributed by atoms with Crippen LogP contribution in [-0.2, 0) is 10.3 Å². The summed E-state index contributed by atoms with van der Waals surface area (Å²) in [4.78, 5) is 12.2. The Labute approximate surface area is 129 Å². The number of rotatable bonds is 1. The molecule has 0 N–H and O–H groups in total. The lowest BCUT2D eigenvalue weighted by atomic mass is 9.84. The summed E-state index contributed by atoms with van der Waals surface area (Å²) in [6.07, 6.45) is 0. The van der Waals surface area contributed by atoms with Gasteiger partial charge in [-0.2, -0.15) is 0 Å². The van der Waals surface area contributed by atoms with Gasteiger partial charge in [0.15, 0.2) is 5.60 Å². The van der Waals surface area contributed by atoms with Crippen LogP contribution in [-0.4, -0.2) is 5.97 Å². The van der Waals surface area contributed by atoms with Gasteiger partial charge in [0.05, 0.1) is 5.56 Å². The molecule has 0 aliphatic carbocycles. The summed E-state index contributed by atoms with van der Waals surface area (Å²) in [6.45, 7) is 4.08. The van der Waals surface area contributed by atoms with Gasteiger partial charge in [-0.15, -0.1) is 0 Å². The highest BCUT2D eigenvalue weighted by Gasteiger charge is 2.43. The molecule has 0 saturated heterocycles. The Morgan fingerprint density at radius 3 is 2.32 bits per heavy atom. The minimum atomic E-state index is -0.735. The van der Waals surface area contributed by atoms with Crippen molar-refractivity contribution in [3.05, 3.63) is 82.9 Å². The fourth-order valence-corrected chi connectivity index (χ4v) is 3.44. The molecule has 0 radical (unpaired) electrons. The molecule has 2 heteroatoms. The third-order valence-electron chi connectivity index (χ3n) is 4.61. The summed E-state index contributed by atoms with van der Waals surface area (Å²) < 4.78 is 5.81. The maximum Gasteiger partial charge on any atom is 0.339 e. The number of aryl methyl sites for hydroxylation is 1. The van der Waals surface area contributed by atoms with Crippen LogP contribution in [0.2, 0.25) is 0 Å². The molecule has 0 saturated carbocycles. The topological polar surface area (TPSA) is 26.3 Å². The molecule has 0 fully saturated rings. The van der Waals surface area contributed by atoms with Crippen LogP contribution >= 0.6 is 0 Å². The zero-order chi connectivity index (χ0) is 15.3. The molecule has 3 aromatic rings. The first-order valence-electron chi connectivity index (χ1n) is 7.43. The molecule has 1 aliphatic heterocycles. The summed E-state index contributed by atoms with van der Waals surface area (Å²) >= 11 is 0. The van der Waals surface area contributed by atoms with E-state index in [1.807, 2.05) is 43.3 Å². The maximum absolute atomic E-state index is 12.2. The van der Waals surface area contributed by atoms with Crippen molar-refractivity contribution in [1.82, 2.24) is 0 Å². The molecule has 0 spiro atoms. The van der Waals surface area contributed by atoms with Crippen molar-refractivity contribution in [2.45, 2.75) is 19.4 Å². The monoisotopic (exact) mass is 288 g/mol. The summed E-state index contributed by atoms with van der Waals surface area (Å²) in [7, 11) is 0. The van der Waals surface area contributed by atoms with E-state index in [0.717, 1.165) is 16.5 Å².